The van der Waals surface area contributed by atoms with E-state index >= 15 is 0 Å². The molecular formula is C17H16ClNO2. The summed E-state index contributed by atoms with van der Waals surface area (Å²) in [5.74, 6) is 1.39. The van der Waals surface area contributed by atoms with Crippen molar-refractivity contribution in [2.45, 2.75) is 12.3 Å². The van der Waals surface area contributed by atoms with Gasteiger partial charge in [0.2, 0.25) is 0 Å². The minimum atomic E-state index is 0.239. The van der Waals surface area contributed by atoms with E-state index < -0.39 is 0 Å². The van der Waals surface area contributed by atoms with Crippen molar-refractivity contribution in [3.05, 3.63) is 64.7 Å². The van der Waals surface area contributed by atoms with E-state index in [0.717, 1.165) is 22.8 Å². The van der Waals surface area contributed by atoms with Gasteiger partial charge in [0.25, 0.3) is 0 Å². The predicted molar refractivity (Wildman–Crippen MR) is 83.6 cm³/mol. The molecule has 0 heterocycles. The summed E-state index contributed by atoms with van der Waals surface area (Å²) in [6, 6.07) is 15.5. The molecule has 2 unspecified atom stereocenters. The SMILES string of the molecule is COc1cccc(/C(=N\O)C2CC2c2ccc(Cl)cc2)c1. The van der Waals surface area contributed by atoms with Crippen LogP contribution in [0.3, 0.4) is 0 Å². The van der Waals surface area contributed by atoms with Gasteiger partial charge in [0, 0.05) is 16.5 Å². The Balaban J connectivity index is 1.81. The summed E-state index contributed by atoms with van der Waals surface area (Å²) >= 11 is 5.91. The third kappa shape index (κ3) is 2.88. The molecular weight excluding hydrogens is 286 g/mol. The molecule has 1 aliphatic carbocycles. The number of halogens is 1. The third-order valence-corrected chi connectivity index (χ3v) is 4.17. The maximum absolute atomic E-state index is 9.39. The van der Waals surface area contributed by atoms with Crippen LogP contribution in [0.15, 0.2) is 53.7 Å². The van der Waals surface area contributed by atoms with Gasteiger partial charge < -0.3 is 9.94 Å². The number of ether oxygens (including phenoxy) is 1. The van der Waals surface area contributed by atoms with Gasteiger partial charge in [-0.05, 0) is 42.2 Å². The predicted octanol–water partition coefficient (Wildman–Crippen LogP) is 4.33. The Morgan fingerprint density at radius 2 is 2.00 bits per heavy atom. The molecule has 3 nitrogen and oxygen atoms in total. The molecule has 1 fully saturated rings. The highest BCUT2D eigenvalue weighted by molar-refractivity contribution is 6.30. The zero-order chi connectivity index (χ0) is 14.8. The first-order chi connectivity index (χ1) is 10.2. The van der Waals surface area contributed by atoms with Gasteiger partial charge in [-0.1, -0.05) is 41.0 Å². The number of hydrogen-bond donors (Lipinski definition) is 1. The van der Waals surface area contributed by atoms with Crippen molar-refractivity contribution < 1.29 is 9.94 Å². The molecule has 4 heteroatoms. The lowest BCUT2D eigenvalue weighted by molar-refractivity contribution is 0.317. The Bertz CT molecular complexity index is 667. The standard InChI is InChI=1S/C17H16ClNO2/c1-21-14-4-2-3-12(9-14)17(19-20)16-10-15(16)11-5-7-13(18)8-6-11/h2-9,15-16,20H,10H2,1H3/b19-17+. The zero-order valence-corrected chi connectivity index (χ0v) is 12.4. The molecule has 0 bridgehead atoms. The second-order valence-corrected chi connectivity index (χ2v) is 5.65. The lowest BCUT2D eigenvalue weighted by atomic mass is 10.0. The Morgan fingerprint density at radius 1 is 1.24 bits per heavy atom. The van der Waals surface area contributed by atoms with Crippen LogP contribution in [-0.2, 0) is 0 Å². The van der Waals surface area contributed by atoms with Crippen molar-refractivity contribution in [2.24, 2.45) is 11.1 Å². The molecule has 0 aromatic heterocycles. The van der Waals surface area contributed by atoms with Crippen LogP contribution in [0, 0.1) is 5.92 Å². The van der Waals surface area contributed by atoms with Crippen LogP contribution < -0.4 is 4.74 Å². The topological polar surface area (TPSA) is 41.8 Å². The molecule has 3 rings (SSSR count). The van der Waals surface area contributed by atoms with E-state index in [1.807, 2.05) is 48.5 Å². The number of benzene rings is 2. The molecule has 0 spiro atoms. The van der Waals surface area contributed by atoms with Gasteiger partial charge in [0.05, 0.1) is 12.8 Å². The molecule has 108 valence electrons. The minimum absolute atomic E-state index is 0.239. The van der Waals surface area contributed by atoms with Gasteiger partial charge in [-0.15, -0.1) is 0 Å². The van der Waals surface area contributed by atoms with E-state index in [9.17, 15) is 5.21 Å². The van der Waals surface area contributed by atoms with Crippen molar-refractivity contribution in [2.75, 3.05) is 7.11 Å². The summed E-state index contributed by atoms with van der Waals surface area (Å²) in [5, 5.41) is 13.6. The summed E-state index contributed by atoms with van der Waals surface area (Å²) in [4.78, 5) is 0. The van der Waals surface area contributed by atoms with Crippen LogP contribution in [-0.4, -0.2) is 18.0 Å². The van der Waals surface area contributed by atoms with E-state index in [0.29, 0.717) is 11.6 Å². The normalized spacial score (nSPS) is 21.1. The van der Waals surface area contributed by atoms with Crippen LogP contribution >= 0.6 is 11.6 Å². The molecule has 0 aliphatic heterocycles. The average molecular weight is 302 g/mol. The summed E-state index contributed by atoms with van der Waals surface area (Å²) in [7, 11) is 1.63. The van der Waals surface area contributed by atoms with E-state index in [1.165, 1.54) is 5.56 Å². The summed E-state index contributed by atoms with van der Waals surface area (Å²) in [5.41, 5.74) is 2.85. The fourth-order valence-electron chi connectivity index (χ4n) is 2.70. The first-order valence-electron chi connectivity index (χ1n) is 6.84. The smallest absolute Gasteiger partial charge is 0.119 e. The maximum Gasteiger partial charge on any atom is 0.119 e. The number of nitrogens with zero attached hydrogens (tertiary/aromatic N) is 1. The van der Waals surface area contributed by atoms with Gasteiger partial charge >= 0.3 is 0 Å². The highest BCUT2D eigenvalue weighted by Gasteiger charge is 2.43. The minimum Gasteiger partial charge on any atom is -0.497 e. The van der Waals surface area contributed by atoms with Crippen molar-refractivity contribution in [3.63, 3.8) is 0 Å². The summed E-state index contributed by atoms with van der Waals surface area (Å²) < 4.78 is 5.22. The zero-order valence-electron chi connectivity index (χ0n) is 11.7. The second-order valence-electron chi connectivity index (χ2n) is 5.22. The molecule has 1 saturated carbocycles. The molecule has 0 saturated heterocycles. The molecule has 2 aromatic carbocycles. The summed E-state index contributed by atoms with van der Waals surface area (Å²) in [6.45, 7) is 0. The van der Waals surface area contributed by atoms with E-state index in [-0.39, 0.29) is 5.92 Å². The number of rotatable bonds is 4. The van der Waals surface area contributed by atoms with Crippen LogP contribution in [0.25, 0.3) is 0 Å². The van der Waals surface area contributed by atoms with Gasteiger partial charge in [-0.3, -0.25) is 0 Å². The van der Waals surface area contributed by atoms with Gasteiger partial charge in [0.1, 0.15) is 5.75 Å². The van der Waals surface area contributed by atoms with Crippen molar-refractivity contribution in [3.8, 4) is 5.75 Å². The van der Waals surface area contributed by atoms with Crippen LogP contribution in [0.1, 0.15) is 23.5 Å². The summed E-state index contributed by atoms with van der Waals surface area (Å²) in [6.07, 6.45) is 0.984. The molecule has 1 aliphatic rings. The Labute approximate surface area is 128 Å². The number of hydrogen-bond acceptors (Lipinski definition) is 3. The molecule has 0 radical (unpaired) electrons. The van der Waals surface area contributed by atoms with E-state index in [4.69, 9.17) is 16.3 Å². The molecule has 1 N–H and O–H groups in total. The monoisotopic (exact) mass is 301 g/mol. The van der Waals surface area contributed by atoms with E-state index in [2.05, 4.69) is 5.16 Å². The Hall–Kier alpha value is -2.00. The van der Waals surface area contributed by atoms with E-state index in [1.54, 1.807) is 7.11 Å². The van der Waals surface area contributed by atoms with Gasteiger partial charge in [-0.25, -0.2) is 0 Å². The van der Waals surface area contributed by atoms with Crippen molar-refractivity contribution in [1.29, 1.82) is 0 Å². The van der Waals surface area contributed by atoms with Gasteiger partial charge in [0.15, 0.2) is 0 Å². The highest BCUT2D eigenvalue weighted by Crippen LogP contribution is 2.49. The van der Waals surface area contributed by atoms with Crippen molar-refractivity contribution >= 4 is 17.3 Å². The van der Waals surface area contributed by atoms with Crippen LogP contribution in [0.5, 0.6) is 5.75 Å². The lowest BCUT2D eigenvalue weighted by Gasteiger charge is -2.07. The fourth-order valence-corrected chi connectivity index (χ4v) is 2.83. The Morgan fingerprint density at radius 3 is 2.67 bits per heavy atom. The van der Waals surface area contributed by atoms with Crippen molar-refractivity contribution in [1.82, 2.24) is 0 Å². The average Bonchev–Trinajstić information content (AvgIpc) is 3.29. The quantitative estimate of drug-likeness (QED) is 0.519. The fraction of sp³-hybridized carbons (Fsp3) is 0.235. The first-order valence-corrected chi connectivity index (χ1v) is 7.22. The Kier molecular flexibility index (Phi) is 3.84. The second kappa shape index (κ2) is 5.78. The van der Waals surface area contributed by atoms with Crippen LogP contribution in [0.4, 0.5) is 0 Å². The van der Waals surface area contributed by atoms with Gasteiger partial charge in [-0.2, -0.15) is 0 Å². The first kappa shape index (κ1) is 14.0. The number of oxime groups is 1. The molecule has 21 heavy (non-hydrogen) atoms. The molecule has 0 amide bonds. The third-order valence-electron chi connectivity index (χ3n) is 3.91. The number of methoxy groups -OCH3 is 1. The lowest BCUT2D eigenvalue weighted by Crippen LogP contribution is -2.05. The van der Waals surface area contributed by atoms with Crippen LogP contribution in [0.2, 0.25) is 5.02 Å². The molecule has 2 atom stereocenters. The highest BCUT2D eigenvalue weighted by atomic mass is 35.5. The largest absolute Gasteiger partial charge is 0.497 e. The molecule has 2 aromatic rings. The maximum atomic E-state index is 9.39.